The second-order valence-corrected chi connectivity index (χ2v) is 11.4. The molecule has 0 radical (unpaired) electrons. The van der Waals surface area contributed by atoms with E-state index in [4.69, 9.17) is 23.7 Å². The summed E-state index contributed by atoms with van der Waals surface area (Å²) in [5.74, 6) is 0.565. The Morgan fingerprint density at radius 1 is 1.02 bits per heavy atom. The first kappa shape index (κ1) is 28.7. The van der Waals surface area contributed by atoms with E-state index in [-0.39, 0.29) is 24.4 Å². The highest BCUT2D eigenvalue weighted by atomic mass is 19.1. The molecule has 0 unspecified atom stereocenters. The number of anilines is 2. The number of fused-ring (bicyclic) bond motifs is 1. The molecule has 1 N–H and O–H groups in total. The van der Waals surface area contributed by atoms with E-state index in [1.807, 2.05) is 65.0 Å². The lowest BCUT2D eigenvalue weighted by molar-refractivity contribution is -0.141. The van der Waals surface area contributed by atoms with Gasteiger partial charge in [0.15, 0.2) is 5.79 Å². The SMILES string of the molecule is COc1cc(OC[C@@H]2COC(C)(C)O2)ccc1-c1ccc2c(c1COc1cc(F)ccc1C)N(C)C(=O)C(C)(C)N2. The lowest BCUT2D eigenvalue weighted by Crippen LogP contribution is -2.52. The van der Waals surface area contributed by atoms with Crippen molar-refractivity contribution in [2.75, 3.05) is 37.6 Å². The molecule has 3 aromatic carbocycles. The predicted molar refractivity (Wildman–Crippen MR) is 155 cm³/mol. The monoisotopic (exact) mass is 564 g/mol. The standard InChI is InChI=1S/C32H37FN2O6/c1-19-8-9-20(33)14-27(19)39-18-25-23(12-13-26-29(25)35(6)30(36)31(2,3)34-26)24-11-10-21(15-28(24)37-7)38-16-22-17-40-32(4,5)41-22/h8-15,22,34H,16-18H2,1-7H3/t22-/m1/s1. The van der Waals surface area contributed by atoms with Gasteiger partial charge < -0.3 is 33.9 Å². The first-order valence-corrected chi connectivity index (χ1v) is 13.6. The molecule has 2 heterocycles. The van der Waals surface area contributed by atoms with Gasteiger partial charge in [0.05, 0.1) is 25.1 Å². The van der Waals surface area contributed by atoms with E-state index in [0.717, 1.165) is 27.9 Å². The van der Waals surface area contributed by atoms with E-state index >= 15 is 0 Å². The van der Waals surface area contributed by atoms with Crippen LogP contribution in [0.3, 0.4) is 0 Å². The molecule has 1 atom stereocenters. The quantitative estimate of drug-likeness (QED) is 0.355. The van der Waals surface area contributed by atoms with Crippen LogP contribution in [0.4, 0.5) is 15.8 Å². The van der Waals surface area contributed by atoms with Crippen LogP contribution in [0.2, 0.25) is 0 Å². The Labute approximate surface area is 240 Å². The lowest BCUT2D eigenvalue weighted by Gasteiger charge is -2.39. The lowest BCUT2D eigenvalue weighted by atomic mass is 9.91. The van der Waals surface area contributed by atoms with Crippen molar-refractivity contribution in [2.24, 2.45) is 0 Å². The van der Waals surface area contributed by atoms with Crippen molar-refractivity contribution in [3.05, 3.63) is 65.5 Å². The molecule has 9 heteroatoms. The van der Waals surface area contributed by atoms with E-state index in [0.29, 0.717) is 36.1 Å². The number of nitrogens with one attached hydrogen (secondary N) is 1. The van der Waals surface area contributed by atoms with Gasteiger partial charge in [-0.25, -0.2) is 4.39 Å². The molecule has 218 valence electrons. The van der Waals surface area contributed by atoms with Crippen molar-refractivity contribution in [3.63, 3.8) is 0 Å². The van der Waals surface area contributed by atoms with E-state index in [1.165, 1.54) is 12.1 Å². The number of amides is 1. The number of likely N-dealkylation sites (N-methyl/N-ethyl adjacent to an activating group) is 1. The highest BCUT2D eigenvalue weighted by Gasteiger charge is 2.39. The molecule has 8 nitrogen and oxygen atoms in total. The molecule has 0 aromatic heterocycles. The van der Waals surface area contributed by atoms with Crippen LogP contribution in [0.15, 0.2) is 48.5 Å². The minimum absolute atomic E-state index is 0.0812. The smallest absolute Gasteiger partial charge is 0.251 e. The van der Waals surface area contributed by atoms with Crippen LogP contribution in [-0.4, -0.2) is 50.7 Å². The molecule has 41 heavy (non-hydrogen) atoms. The fraction of sp³-hybridized carbons (Fsp3) is 0.406. The zero-order valence-corrected chi connectivity index (χ0v) is 24.6. The zero-order chi connectivity index (χ0) is 29.5. The maximum absolute atomic E-state index is 14.0. The number of methoxy groups -OCH3 is 1. The van der Waals surface area contributed by atoms with Crippen LogP contribution in [0.1, 0.15) is 38.8 Å². The summed E-state index contributed by atoms with van der Waals surface area (Å²) in [6.07, 6.45) is -0.170. The normalized spacial score (nSPS) is 19.0. The number of aryl methyl sites for hydroxylation is 1. The molecule has 0 aliphatic carbocycles. The summed E-state index contributed by atoms with van der Waals surface area (Å²) in [4.78, 5) is 14.9. The van der Waals surface area contributed by atoms with Gasteiger partial charge in [-0.1, -0.05) is 12.1 Å². The summed E-state index contributed by atoms with van der Waals surface area (Å²) in [6, 6.07) is 14.0. The average molecular weight is 565 g/mol. The number of rotatable bonds is 8. The fourth-order valence-corrected chi connectivity index (χ4v) is 5.33. The minimum atomic E-state index is -0.777. The first-order valence-electron chi connectivity index (χ1n) is 13.6. The van der Waals surface area contributed by atoms with Crippen LogP contribution >= 0.6 is 0 Å². The van der Waals surface area contributed by atoms with Gasteiger partial charge in [0, 0.05) is 30.3 Å². The second-order valence-electron chi connectivity index (χ2n) is 11.4. The third-order valence-corrected chi connectivity index (χ3v) is 7.39. The minimum Gasteiger partial charge on any atom is -0.496 e. The van der Waals surface area contributed by atoms with E-state index in [2.05, 4.69) is 5.32 Å². The highest BCUT2D eigenvalue weighted by Crippen LogP contribution is 2.45. The van der Waals surface area contributed by atoms with Crippen LogP contribution < -0.4 is 24.4 Å². The van der Waals surface area contributed by atoms with Crippen LogP contribution in [-0.2, 0) is 20.9 Å². The van der Waals surface area contributed by atoms with Crippen LogP contribution in [0.25, 0.3) is 11.1 Å². The maximum Gasteiger partial charge on any atom is 0.251 e. The molecular weight excluding hydrogens is 527 g/mol. The van der Waals surface area contributed by atoms with Gasteiger partial charge in [-0.3, -0.25) is 4.79 Å². The van der Waals surface area contributed by atoms with Crippen LogP contribution in [0, 0.1) is 12.7 Å². The number of benzene rings is 3. The van der Waals surface area contributed by atoms with Gasteiger partial charge in [0.1, 0.15) is 47.9 Å². The first-order chi connectivity index (χ1) is 19.4. The molecule has 1 amide bonds. The van der Waals surface area contributed by atoms with Crippen molar-refractivity contribution in [1.82, 2.24) is 0 Å². The van der Waals surface area contributed by atoms with Gasteiger partial charge in [0.2, 0.25) is 0 Å². The number of nitrogens with zero attached hydrogens (tertiary/aromatic N) is 1. The van der Waals surface area contributed by atoms with Gasteiger partial charge in [-0.05, 0) is 70.0 Å². The van der Waals surface area contributed by atoms with Crippen molar-refractivity contribution >= 4 is 17.3 Å². The van der Waals surface area contributed by atoms with Crippen LogP contribution in [0.5, 0.6) is 17.2 Å². The van der Waals surface area contributed by atoms with Gasteiger partial charge in [-0.15, -0.1) is 0 Å². The maximum atomic E-state index is 14.0. The van der Waals surface area contributed by atoms with E-state index in [9.17, 15) is 9.18 Å². The number of hydrogen-bond donors (Lipinski definition) is 1. The Morgan fingerprint density at radius 2 is 1.78 bits per heavy atom. The molecule has 0 bridgehead atoms. The Kier molecular flexibility index (Phi) is 7.61. The molecule has 5 rings (SSSR count). The molecule has 0 saturated carbocycles. The summed E-state index contributed by atoms with van der Waals surface area (Å²) in [5, 5.41) is 3.36. The number of ether oxygens (including phenoxy) is 5. The Balaban J connectivity index is 1.52. The van der Waals surface area contributed by atoms with Crippen molar-refractivity contribution in [1.29, 1.82) is 0 Å². The van der Waals surface area contributed by atoms with Crippen molar-refractivity contribution < 1.29 is 32.9 Å². The Bertz CT molecular complexity index is 1470. The number of hydrogen-bond acceptors (Lipinski definition) is 7. The highest BCUT2D eigenvalue weighted by molar-refractivity contribution is 6.08. The third-order valence-electron chi connectivity index (χ3n) is 7.39. The third kappa shape index (κ3) is 5.83. The average Bonchev–Trinajstić information content (AvgIpc) is 3.29. The zero-order valence-electron chi connectivity index (χ0n) is 24.6. The summed E-state index contributed by atoms with van der Waals surface area (Å²) in [7, 11) is 3.36. The molecule has 1 saturated heterocycles. The summed E-state index contributed by atoms with van der Waals surface area (Å²) < 4.78 is 43.5. The van der Waals surface area contributed by atoms with Crippen molar-refractivity contribution in [2.45, 2.75) is 58.7 Å². The van der Waals surface area contributed by atoms with Crippen molar-refractivity contribution in [3.8, 4) is 28.4 Å². The summed E-state index contributed by atoms with van der Waals surface area (Å²) in [5.41, 5.74) is 3.90. The fourth-order valence-electron chi connectivity index (χ4n) is 5.33. The molecule has 1 fully saturated rings. The van der Waals surface area contributed by atoms with Gasteiger partial charge >= 0.3 is 0 Å². The van der Waals surface area contributed by atoms with Gasteiger partial charge in [0.25, 0.3) is 5.91 Å². The molecule has 0 spiro atoms. The second kappa shape index (κ2) is 10.9. The summed E-state index contributed by atoms with van der Waals surface area (Å²) >= 11 is 0. The predicted octanol–water partition coefficient (Wildman–Crippen LogP) is 6.09. The number of carbonyl (C=O) groups excluding carboxylic acids is 1. The Hall–Kier alpha value is -3.82. The summed E-state index contributed by atoms with van der Waals surface area (Å²) in [6.45, 7) is 10.2. The molecule has 3 aromatic rings. The molecule has 2 aliphatic heterocycles. The largest absolute Gasteiger partial charge is 0.496 e. The topological polar surface area (TPSA) is 78.5 Å². The Morgan fingerprint density at radius 3 is 2.49 bits per heavy atom. The number of halogens is 1. The van der Waals surface area contributed by atoms with E-state index in [1.54, 1.807) is 25.1 Å². The molecular formula is C32H37FN2O6. The number of carbonyl (C=O) groups is 1. The van der Waals surface area contributed by atoms with E-state index < -0.39 is 11.3 Å². The molecule has 2 aliphatic rings. The van der Waals surface area contributed by atoms with Gasteiger partial charge in [-0.2, -0.15) is 0 Å².